The molecule has 3 nitrogen and oxygen atoms in total. The van der Waals surface area contributed by atoms with E-state index >= 15 is 0 Å². The Morgan fingerprint density at radius 3 is 2.82 bits per heavy atom. The minimum Gasteiger partial charge on any atom is -0.347 e. The predicted octanol–water partition coefficient (Wildman–Crippen LogP) is 1.38. The lowest BCUT2D eigenvalue weighted by Gasteiger charge is -2.18. The van der Waals surface area contributed by atoms with Crippen molar-refractivity contribution in [1.82, 2.24) is 5.32 Å². The number of nitrogens with two attached hydrogens (primary N) is 1. The molecule has 1 aromatic carbocycles. The van der Waals surface area contributed by atoms with E-state index in [2.05, 4.69) is 24.4 Å². The second-order valence-electron chi connectivity index (χ2n) is 5.37. The number of benzene rings is 1. The molecule has 1 amide bonds. The number of hydrogen-bond acceptors (Lipinski definition) is 2. The van der Waals surface area contributed by atoms with Gasteiger partial charge in [-0.25, -0.2) is 0 Å². The number of hydrogen-bond donors (Lipinski definition) is 2. The summed E-state index contributed by atoms with van der Waals surface area (Å²) in [5.41, 5.74) is 8.59. The zero-order valence-corrected chi connectivity index (χ0v) is 10.0. The summed E-state index contributed by atoms with van der Waals surface area (Å²) in [6, 6.07) is 8.23. The van der Waals surface area contributed by atoms with Crippen LogP contribution in [0.15, 0.2) is 24.3 Å². The summed E-state index contributed by atoms with van der Waals surface area (Å²) in [4.78, 5) is 12.0. The number of fused-ring (bicyclic) bond motifs is 1. The molecule has 17 heavy (non-hydrogen) atoms. The van der Waals surface area contributed by atoms with Crippen LogP contribution in [-0.4, -0.2) is 11.9 Å². The van der Waals surface area contributed by atoms with Gasteiger partial charge in [-0.1, -0.05) is 31.2 Å². The van der Waals surface area contributed by atoms with Crippen molar-refractivity contribution in [3.8, 4) is 0 Å². The monoisotopic (exact) mass is 230 g/mol. The second kappa shape index (κ2) is 3.84. The Morgan fingerprint density at radius 1 is 1.41 bits per heavy atom. The summed E-state index contributed by atoms with van der Waals surface area (Å²) in [5.74, 6) is 0.937. The third-order valence-electron chi connectivity index (χ3n) is 4.02. The molecule has 0 heterocycles. The largest absolute Gasteiger partial charge is 0.347 e. The molecule has 4 unspecified atom stereocenters. The van der Waals surface area contributed by atoms with E-state index in [-0.39, 0.29) is 23.9 Å². The van der Waals surface area contributed by atoms with Crippen LogP contribution in [0.1, 0.15) is 30.5 Å². The van der Waals surface area contributed by atoms with Crippen LogP contribution >= 0.6 is 0 Å². The molecule has 0 spiro atoms. The van der Waals surface area contributed by atoms with Gasteiger partial charge in [-0.15, -0.1) is 0 Å². The summed E-state index contributed by atoms with van der Waals surface area (Å²) in [6.45, 7) is 2.12. The van der Waals surface area contributed by atoms with Gasteiger partial charge in [-0.2, -0.15) is 0 Å². The highest BCUT2D eigenvalue weighted by atomic mass is 16.2. The molecule has 1 aromatic rings. The van der Waals surface area contributed by atoms with Crippen molar-refractivity contribution in [3.05, 3.63) is 35.4 Å². The van der Waals surface area contributed by atoms with Gasteiger partial charge in [0.25, 0.3) is 0 Å². The Hall–Kier alpha value is -1.35. The molecule has 3 rings (SSSR count). The first-order valence-electron chi connectivity index (χ1n) is 6.30. The number of amides is 1. The van der Waals surface area contributed by atoms with Gasteiger partial charge in [0.15, 0.2) is 0 Å². The number of rotatable bonds is 2. The predicted molar refractivity (Wildman–Crippen MR) is 66.3 cm³/mol. The van der Waals surface area contributed by atoms with Crippen LogP contribution in [0.2, 0.25) is 0 Å². The average molecular weight is 230 g/mol. The fourth-order valence-corrected chi connectivity index (χ4v) is 2.76. The van der Waals surface area contributed by atoms with Crippen LogP contribution < -0.4 is 11.1 Å². The molecule has 0 aliphatic heterocycles. The fourth-order valence-electron chi connectivity index (χ4n) is 2.76. The molecule has 0 saturated heterocycles. The highest BCUT2D eigenvalue weighted by Crippen LogP contribution is 2.39. The van der Waals surface area contributed by atoms with Crippen LogP contribution in [0, 0.1) is 11.8 Å². The van der Waals surface area contributed by atoms with Gasteiger partial charge in [-0.05, 0) is 29.9 Å². The van der Waals surface area contributed by atoms with E-state index in [1.165, 1.54) is 11.1 Å². The molecule has 0 bridgehead atoms. The summed E-state index contributed by atoms with van der Waals surface area (Å²) in [6.07, 6.45) is 1.89. The first-order valence-corrected chi connectivity index (χ1v) is 6.30. The van der Waals surface area contributed by atoms with Crippen molar-refractivity contribution in [1.29, 1.82) is 0 Å². The van der Waals surface area contributed by atoms with Crippen LogP contribution in [0.5, 0.6) is 0 Å². The molecule has 3 heteroatoms. The Labute approximate surface area is 101 Å². The maximum absolute atomic E-state index is 12.0. The maximum atomic E-state index is 12.0. The third kappa shape index (κ3) is 1.84. The fraction of sp³-hybridized carbons (Fsp3) is 0.500. The van der Waals surface area contributed by atoms with E-state index < -0.39 is 0 Å². The lowest BCUT2D eigenvalue weighted by molar-refractivity contribution is -0.123. The quantitative estimate of drug-likeness (QED) is 0.806. The minimum atomic E-state index is 0.00602. The second-order valence-corrected chi connectivity index (χ2v) is 5.37. The van der Waals surface area contributed by atoms with Gasteiger partial charge in [0, 0.05) is 12.0 Å². The highest BCUT2D eigenvalue weighted by molar-refractivity contribution is 5.82. The van der Waals surface area contributed by atoms with Crippen LogP contribution in [-0.2, 0) is 11.2 Å². The van der Waals surface area contributed by atoms with Gasteiger partial charge in [0.05, 0.1) is 6.04 Å². The van der Waals surface area contributed by atoms with Crippen molar-refractivity contribution < 1.29 is 4.79 Å². The van der Waals surface area contributed by atoms with Crippen molar-refractivity contribution in [2.75, 3.05) is 0 Å². The summed E-state index contributed by atoms with van der Waals surface area (Å²) in [7, 11) is 0. The Morgan fingerprint density at radius 2 is 2.12 bits per heavy atom. The van der Waals surface area contributed by atoms with Crippen LogP contribution in [0.3, 0.4) is 0 Å². The van der Waals surface area contributed by atoms with E-state index in [4.69, 9.17) is 5.73 Å². The highest BCUT2D eigenvalue weighted by Gasteiger charge is 2.41. The van der Waals surface area contributed by atoms with Gasteiger partial charge in [-0.3, -0.25) is 4.79 Å². The lowest BCUT2D eigenvalue weighted by Crippen LogP contribution is -2.39. The average Bonchev–Trinajstić information content (AvgIpc) is 2.96. The minimum absolute atomic E-state index is 0.00602. The standard InChI is InChI=1S/C14H18N2O/c1-8-6-11(8)14(17)16-13-10-5-3-2-4-9(10)7-12(13)15/h2-5,8,11-13H,6-7,15H2,1H3,(H,16,17). The molecule has 2 aliphatic rings. The van der Waals surface area contributed by atoms with Gasteiger partial charge >= 0.3 is 0 Å². The Balaban J connectivity index is 1.77. The number of nitrogens with one attached hydrogen (secondary N) is 1. The van der Waals surface area contributed by atoms with Crippen LogP contribution in [0.25, 0.3) is 0 Å². The Bertz CT molecular complexity index is 457. The normalized spacial score (nSPS) is 34.2. The molecule has 4 atom stereocenters. The van der Waals surface area contributed by atoms with Crippen molar-refractivity contribution in [2.24, 2.45) is 17.6 Å². The van der Waals surface area contributed by atoms with E-state index in [9.17, 15) is 4.79 Å². The SMILES string of the molecule is CC1CC1C(=O)NC1c2ccccc2CC1N. The molecule has 1 fully saturated rings. The van der Waals surface area contributed by atoms with Crippen molar-refractivity contribution in [3.63, 3.8) is 0 Å². The van der Waals surface area contributed by atoms with Crippen LogP contribution in [0.4, 0.5) is 0 Å². The summed E-state index contributed by atoms with van der Waals surface area (Å²) >= 11 is 0. The summed E-state index contributed by atoms with van der Waals surface area (Å²) in [5, 5.41) is 3.11. The van der Waals surface area contributed by atoms with E-state index in [0.717, 1.165) is 12.8 Å². The summed E-state index contributed by atoms with van der Waals surface area (Å²) < 4.78 is 0. The van der Waals surface area contributed by atoms with E-state index in [0.29, 0.717) is 5.92 Å². The molecule has 3 N–H and O–H groups in total. The lowest BCUT2D eigenvalue weighted by atomic mass is 10.1. The molecular weight excluding hydrogens is 212 g/mol. The first kappa shape index (κ1) is 10.8. The van der Waals surface area contributed by atoms with E-state index in [1.54, 1.807) is 0 Å². The van der Waals surface area contributed by atoms with Gasteiger partial charge in [0.1, 0.15) is 0 Å². The number of carbonyl (C=O) groups excluding carboxylic acids is 1. The molecular formula is C14H18N2O. The molecule has 0 aromatic heterocycles. The first-order chi connectivity index (χ1) is 8.16. The topological polar surface area (TPSA) is 55.1 Å². The van der Waals surface area contributed by atoms with E-state index in [1.807, 2.05) is 12.1 Å². The Kier molecular flexibility index (Phi) is 2.44. The van der Waals surface area contributed by atoms with Crippen molar-refractivity contribution in [2.45, 2.75) is 31.8 Å². The smallest absolute Gasteiger partial charge is 0.223 e. The van der Waals surface area contributed by atoms with Gasteiger partial charge < -0.3 is 11.1 Å². The number of carbonyl (C=O) groups is 1. The third-order valence-corrected chi connectivity index (χ3v) is 4.02. The zero-order chi connectivity index (χ0) is 12.0. The zero-order valence-electron chi connectivity index (χ0n) is 10.0. The molecule has 2 aliphatic carbocycles. The molecule has 0 radical (unpaired) electrons. The molecule has 1 saturated carbocycles. The van der Waals surface area contributed by atoms with Crippen molar-refractivity contribution >= 4 is 5.91 Å². The van der Waals surface area contributed by atoms with Gasteiger partial charge in [0.2, 0.25) is 5.91 Å². The maximum Gasteiger partial charge on any atom is 0.223 e. The molecule has 90 valence electrons.